The summed E-state index contributed by atoms with van der Waals surface area (Å²) < 4.78 is 65.3. The first-order chi connectivity index (χ1) is 15.7. The van der Waals surface area contributed by atoms with Crippen molar-refractivity contribution >= 4 is 44.5 Å². The minimum atomic E-state index is -5.08. The lowest BCUT2D eigenvalue weighted by molar-refractivity contribution is -0.296. The number of alkyl halides is 3. The summed E-state index contributed by atoms with van der Waals surface area (Å²) in [7, 11) is -3.06. The number of aliphatic hydroxyl groups is 1. The van der Waals surface area contributed by atoms with Crippen molar-refractivity contribution in [3.05, 3.63) is 68.7 Å². The molecule has 2 unspecified atom stereocenters. The van der Waals surface area contributed by atoms with E-state index < -0.39 is 33.3 Å². The van der Waals surface area contributed by atoms with Gasteiger partial charge < -0.3 is 9.94 Å². The average Bonchev–Trinajstić information content (AvgIpc) is 3.03. The number of hydrogen-bond acceptors (Lipinski definition) is 6. The molecule has 0 bridgehead atoms. The van der Waals surface area contributed by atoms with Crippen LogP contribution in [0.2, 0.25) is 10.0 Å². The zero-order valence-corrected chi connectivity index (χ0v) is 19.9. The quantitative estimate of drug-likeness (QED) is 0.570. The second-order valence-corrected chi connectivity index (χ2v) is 11.5. The van der Waals surface area contributed by atoms with E-state index in [1.165, 1.54) is 24.3 Å². The molecule has 12 heteroatoms. The zero-order valence-electron chi connectivity index (χ0n) is 17.6. The van der Waals surface area contributed by atoms with Crippen LogP contribution in [-0.4, -0.2) is 48.8 Å². The summed E-state index contributed by atoms with van der Waals surface area (Å²) in [4.78, 5) is 17.5. The standard InChI is InChI=1S/C22H18Cl2F3NO5S/c1-11-4-13(2-3-17(11)18(29)5-12-9-34(31,32)10-12)19-20(30)21(33-28-19,22(25,26)27)14-6-15(23)8-16(24)7-14/h2-4,6-8,12,20,30H,5,9-10H2,1H3. The number of carbonyl (C=O) groups excluding carboxylic acids is 1. The van der Waals surface area contributed by atoms with E-state index >= 15 is 0 Å². The van der Waals surface area contributed by atoms with E-state index in [1.807, 2.05) is 0 Å². The minimum absolute atomic E-state index is 0.0384. The van der Waals surface area contributed by atoms with Gasteiger partial charge in [0.25, 0.3) is 5.60 Å². The number of aliphatic hydroxyl groups excluding tert-OH is 1. The molecular formula is C22H18Cl2F3NO5S. The highest BCUT2D eigenvalue weighted by molar-refractivity contribution is 7.92. The Bertz CT molecular complexity index is 1280. The van der Waals surface area contributed by atoms with Crippen molar-refractivity contribution in [2.45, 2.75) is 31.2 Å². The van der Waals surface area contributed by atoms with Crippen LogP contribution in [0.25, 0.3) is 0 Å². The van der Waals surface area contributed by atoms with Crippen LogP contribution in [0, 0.1) is 12.8 Å². The SMILES string of the molecule is Cc1cc(C2=NOC(c3cc(Cl)cc(Cl)c3)(C(F)(F)F)C2O)ccc1C(=O)CC1CS(=O)(=O)C1. The fourth-order valence-electron chi connectivity index (χ4n) is 4.27. The molecule has 4 rings (SSSR count). The normalized spacial score (nSPS) is 24.3. The highest BCUT2D eigenvalue weighted by atomic mass is 35.5. The van der Waals surface area contributed by atoms with Gasteiger partial charge in [0.15, 0.2) is 21.7 Å². The molecule has 0 aliphatic carbocycles. The molecule has 0 spiro atoms. The largest absolute Gasteiger partial charge is 0.438 e. The van der Waals surface area contributed by atoms with Crippen LogP contribution in [0.15, 0.2) is 41.6 Å². The van der Waals surface area contributed by atoms with Gasteiger partial charge in [-0.25, -0.2) is 8.42 Å². The van der Waals surface area contributed by atoms with E-state index in [-0.39, 0.29) is 50.9 Å². The van der Waals surface area contributed by atoms with Gasteiger partial charge in [-0.2, -0.15) is 13.2 Å². The topological polar surface area (TPSA) is 93.0 Å². The molecule has 2 aromatic rings. The summed E-state index contributed by atoms with van der Waals surface area (Å²) in [6.07, 6.45) is -7.28. The van der Waals surface area contributed by atoms with Gasteiger partial charge in [-0.3, -0.25) is 4.79 Å². The van der Waals surface area contributed by atoms with Gasteiger partial charge in [-0.15, -0.1) is 0 Å². The maximum absolute atomic E-state index is 14.2. The van der Waals surface area contributed by atoms with Crippen LogP contribution < -0.4 is 0 Å². The van der Waals surface area contributed by atoms with E-state index in [1.54, 1.807) is 6.92 Å². The molecule has 0 amide bonds. The summed E-state index contributed by atoms with van der Waals surface area (Å²) in [6, 6.07) is 7.44. The monoisotopic (exact) mass is 535 g/mol. The van der Waals surface area contributed by atoms with Gasteiger partial charge in [0.2, 0.25) is 0 Å². The van der Waals surface area contributed by atoms with Crippen LogP contribution in [-0.2, 0) is 20.3 Å². The minimum Gasteiger partial charge on any atom is -0.382 e. The second kappa shape index (κ2) is 8.51. The lowest BCUT2D eigenvalue weighted by Crippen LogP contribution is -2.52. The van der Waals surface area contributed by atoms with E-state index in [2.05, 4.69) is 5.16 Å². The molecule has 2 aliphatic rings. The van der Waals surface area contributed by atoms with Crippen molar-refractivity contribution in [1.82, 2.24) is 0 Å². The van der Waals surface area contributed by atoms with Crippen LogP contribution >= 0.6 is 23.2 Å². The van der Waals surface area contributed by atoms with Crippen LogP contribution in [0.4, 0.5) is 13.2 Å². The molecule has 1 fully saturated rings. The number of benzene rings is 2. The molecule has 182 valence electrons. The molecule has 0 aromatic heterocycles. The molecule has 6 nitrogen and oxygen atoms in total. The lowest BCUT2D eigenvalue weighted by atomic mass is 9.83. The maximum Gasteiger partial charge on any atom is 0.438 e. The van der Waals surface area contributed by atoms with Gasteiger partial charge in [-0.05, 0) is 42.7 Å². The van der Waals surface area contributed by atoms with Crippen LogP contribution in [0.3, 0.4) is 0 Å². The average molecular weight is 536 g/mol. The van der Waals surface area contributed by atoms with Crippen molar-refractivity contribution in [3.63, 3.8) is 0 Å². The molecule has 2 aliphatic heterocycles. The Kier molecular flexibility index (Phi) is 6.25. The van der Waals surface area contributed by atoms with Gasteiger partial charge in [0.05, 0.1) is 11.5 Å². The summed E-state index contributed by atoms with van der Waals surface area (Å²) in [6.45, 7) is 1.59. The number of nitrogens with zero attached hydrogens (tertiary/aromatic N) is 1. The van der Waals surface area contributed by atoms with E-state index in [0.29, 0.717) is 11.1 Å². The Morgan fingerprint density at radius 2 is 1.79 bits per heavy atom. The van der Waals surface area contributed by atoms with Crippen molar-refractivity contribution in [3.8, 4) is 0 Å². The Labute approximate surface area is 203 Å². The predicted molar refractivity (Wildman–Crippen MR) is 120 cm³/mol. The predicted octanol–water partition coefficient (Wildman–Crippen LogP) is 4.47. The van der Waals surface area contributed by atoms with Gasteiger partial charge in [0.1, 0.15) is 5.71 Å². The smallest absolute Gasteiger partial charge is 0.382 e. The fraction of sp³-hybridized carbons (Fsp3) is 0.364. The summed E-state index contributed by atoms with van der Waals surface area (Å²) in [5.41, 5.74) is -3.23. The van der Waals surface area contributed by atoms with Crippen molar-refractivity contribution in [1.29, 1.82) is 0 Å². The Balaban J connectivity index is 1.63. The van der Waals surface area contributed by atoms with Crippen molar-refractivity contribution in [2.24, 2.45) is 11.1 Å². The molecule has 0 radical (unpaired) electrons. The Morgan fingerprint density at radius 1 is 1.18 bits per heavy atom. The molecule has 2 atom stereocenters. The number of carbonyl (C=O) groups is 1. The third-order valence-electron chi connectivity index (χ3n) is 5.92. The molecule has 34 heavy (non-hydrogen) atoms. The summed E-state index contributed by atoms with van der Waals surface area (Å²) >= 11 is 11.8. The Morgan fingerprint density at radius 3 is 2.32 bits per heavy atom. The highest BCUT2D eigenvalue weighted by Crippen LogP contribution is 2.50. The summed E-state index contributed by atoms with van der Waals surface area (Å²) in [5, 5.41) is 14.2. The van der Waals surface area contributed by atoms with E-state index in [0.717, 1.165) is 12.1 Å². The number of hydrogen-bond donors (Lipinski definition) is 1. The van der Waals surface area contributed by atoms with Crippen molar-refractivity contribution in [2.75, 3.05) is 11.5 Å². The number of oxime groups is 1. The van der Waals surface area contributed by atoms with Gasteiger partial charge >= 0.3 is 6.18 Å². The van der Waals surface area contributed by atoms with Gasteiger partial charge in [-0.1, -0.05) is 40.5 Å². The third kappa shape index (κ3) is 4.32. The Hall–Kier alpha value is -2.14. The molecular weight excluding hydrogens is 518 g/mol. The first-order valence-corrected chi connectivity index (χ1v) is 12.6. The maximum atomic E-state index is 14.2. The molecule has 0 saturated carbocycles. The van der Waals surface area contributed by atoms with Crippen molar-refractivity contribution < 1.29 is 36.3 Å². The molecule has 1 saturated heterocycles. The molecule has 2 heterocycles. The number of rotatable bonds is 5. The van der Waals surface area contributed by atoms with E-state index in [4.69, 9.17) is 28.0 Å². The number of sulfone groups is 1. The first-order valence-electron chi connectivity index (χ1n) is 10.1. The highest BCUT2D eigenvalue weighted by Gasteiger charge is 2.68. The summed E-state index contributed by atoms with van der Waals surface area (Å²) in [5.74, 6) is -0.595. The fourth-order valence-corrected chi connectivity index (χ4v) is 6.37. The van der Waals surface area contributed by atoms with Crippen LogP contribution in [0.5, 0.6) is 0 Å². The molecule has 2 aromatic carbocycles. The number of ketones is 1. The second-order valence-electron chi connectivity index (χ2n) is 8.46. The lowest BCUT2D eigenvalue weighted by Gasteiger charge is -2.32. The molecule has 1 N–H and O–H groups in total. The number of halogens is 5. The number of Topliss-reactive ketones (excluding diaryl/α,β-unsaturated/α-hetero) is 1. The zero-order chi connectivity index (χ0) is 25.1. The third-order valence-corrected chi connectivity index (χ3v) is 8.32. The first kappa shape index (κ1) is 25.0. The number of aryl methyl sites for hydroxylation is 1. The van der Waals surface area contributed by atoms with E-state index in [9.17, 15) is 31.5 Å². The van der Waals surface area contributed by atoms with Crippen LogP contribution in [0.1, 0.15) is 33.5 Å². The van der Waals surface area contributed by atoms with Gasteiger partial charge in [0, 0.05) is 33.2 Å².